The maximum Gasteiger partial charge on any atom is 0.335 e. The van der Waals surface area contributed by atoms with Gasteiger partial charge in [-0.15, -0.1) is 0 Å². The maximum atomic E-state index is 11.6. The molecule has 2 rings (SSSR count). The van der Waals surface area contributed by atoms with E-state index in [0.717, 1.165) is 6.07 Å². The van der Waals surface area contributed by atoms with E-state index in [0.29, 0.717) is 18.1 Å². The van der Waals surface area contributed by atoms with Crippen molar-refractivity contribution in [1.82, 2.24) is 14.7 Å². The number of carboxylic acids is 1. The summed E-state index contributed by atoms with van der Waals surface area (Å²) in [6, 6.07) is 2.41. The number of pyridine rings is 1. The third-order valence-electron chi connectivity index (χ3n) is 2.37. The smallest absolute Gasteiger partial charge is 0.335 e. The Morgan fingerprint density at radius 2 is 2.33 bits per heavy atom. The van der Waals surface area contributed by atoms with Crippen LogP contribution in [0.4, 0.5) is 0 Å². The minimum atomic E-state index is -1.13. The van der Waals surface area contributed by atoms with Gasteiger partial charge in [0.15, 0.2) is 5.82 Å². The number of rotatable bonds is 4. The van der Waals surface area contributed by atoms with Crippen molar-refractivity contribution in [2.24, 2.45) is 0 Å². The molecule has 0 aromatic carbocycles. The predicted octanol–water partition coefficient (Wildman–Crippen LogP) is 0.540. The Morgan fingerprint density at radius 3 is 2.89 bits per heavy atom. The van der Waals surface area contributed by atoms with Crippen molar-refractivity contribution in [1.29, 1.82) is 0 Å². The van der Waals surface area contributed by atoms with E-state index in [1.807, 2.05) is 6.92 Å². The molecule has 0 fully saturated rings. The van der Waals surface area contributed by atoms with E-state index in [9.17, 15) is 9.59 Å². The Bertz CT molecular complexity index is 629. The van der Waals surface area contributed by atoms with Gasteiger partial charge in [0.1, 0.15) is 0 Å². The molecule has 0 saturated carbocycles. The minimum absolute atomic E-state index is 0.0430. The lowest BCUT2D eigenvalue weighted by Crippen LogP contribution is -2.21. The average Bonchev–Trinajstić information content (AvgIpc) is 2.79. The van der Waals surface area contributed by atoms with E-state index in [1.54, 1.807) is 0 Å². The lowest BCUT2D eigenvalue weighted by molar-refractivity contribution is 0.0696. The number of aromatic nitrogens is 3. The van der Waals surface area contributed by atoms with Crippen LogP contribution in [0.5, 0.6) is 0 Å². The molecule has 0 saturated heterocycles. The quantitative estimate of drug-likeness (QED) is 0.849. The summed E-state index contributed by atoms with van der Waals surface area (Å²) < 4.78 is 6.23. The van der Waals surface area contributed by atoms with Gasteiger partial charge in [-0.05, 0) is 6.07 Å². The van der Waals surface area contributed by atoms with E-state index in [4.69, 9.17) is 9.63 Å². The Hall–Kier alpha value is -2.44. The number of hydrogen-bond donors (Lipinski definition) is 1. The summed E-state index contributed by atoms with van der Waals surface area (Å²) in [5.74, 6) is -0.246. The van der Waals surface area contributed by atoms with Gasteiger partial charge in [-0.25, -0.2) is 4.79 Å². The first kappa shape index (κ1) is 12.0. The molecule has 94 valence electrons. The molecule has 18 heavy (non-hydrogen) atoms. The van der Waals surface area contributed by atoms with Crippen LogP contribution < -0.4 is 5.56 Å². The van der Waals surface area contributed by atoms with E-state index in [2.05, 4.69) is 10.1 Å². The highest BCUT2D eigenvalue weighted by molar-refractivity contribution is 5.87. The zero-order valence-electron chi connectivity index (χ0n) is 9.66. The Balaban J connectivity index is 2.24. The Labute approximate surface area is 102 Å². The summed E-state index contributed by atoms with van der Waals surface area (Å²) >= 11 is 0. The summed E-state index contributed by atoms with van der Waals surface area (Å²) in [7, 11) is 0. The first-order valence-electron chi connectivity index (χ1n) is 5.35. The van der Waals surface area contributed by atoms with Gasteiger partial charge in [0.2, 0.25) is 5.89 Å². The van der Waals surface area contributed by atoms with Crippen LogP contribution in [0.2, 0.25) is 0 Å². The highest BCUT2D eigenvalue weighted by Gasteiger charge is 2.08. The summed E-state index contributed by atoms with van der Waals surface area (Å²) in [5.41, 5.74) is -0.462. The SMILES string of the molecule is CCc1nc(Cn2ccc(C(=O)O)cc2=O)no1. The number of hydrogen-bond acceptors (Lipinski definition) is 5. The lowest BCUT2D eigenvalue weighted by Gasteiger charge is -2.01. The molecule has 1 N–H and O–H groups in total. The molecule has 0 aliphatic carbocycles. The molecule has 7 heteroatoms. The van der Waals surface area contributed by atoms with E-state index in [-0.39, 0.29) is 12.1 Å². The number of carboxylic acid groups (broad SMARTS) is 1. The topological polar surface area (TPSA) is 98.2 Å². The van der Waals surface area contributed by atoms with Gasteiger partial charge < -0.3 is 14.2 Å². The van der Waals surface area contributed by atoms with Gasteiger partial charge in [-0.3, -0.25) is 4.79 Å². The van der Waals surface area contributed by atoms with E-state index < -0.39 is 11.5 Å². The summed E-state index contributed by atoms with van der Waals surface area (Å²) in [4.78, 5) is 26.4. The van der Waals surface area contributed by atoms with Gasteiger partial charge in [0.25, 0.3) is 5.56 Å². The van der Waals surface area contributed by atoms with Crippen molar-refractivity contribution < 1.29 is 14.4 Å². The molecule has 0 bridgehead atoms. The van der Waals surface area contributed by atoms with Crippen molar-refractivity contribution >= 4 is 5.97 Å². The first-order chi connectivity index (χ1) is 8.60. The predicted molar refractivity (Wildman–Crippen MR) is 60.4 cm³/mol. The molecule has 0 spiro atoms. The van der Waals surface area contributed by atoms with E-state index in [1.165, 1.54) is 16.8 Å². The largest absolute Gasteiger partial charge is 0.478 e. The van der Waals surface area contributed by atoms with Crippen LogP contribution in [0.1, 0.15) is 29.0 Å². The molecule has 0 aliphatic rings. The van der Waals surface area contributed by atoms with Crippen LogP contribution in [-0.4, -0.2) is 25.8 Å². The molecule has 2 aromatic rings. The first-order valence-corrected chi connectivity index (χ1v) is 5.35. The van der Waals surface area contributed by atoms with Crippen molar-refractivity contribution in [3.63, 3.8) is 0 Å². The zero-order valence-corrected chi connectivity index (χ0v) is 9.66. The normalized spacial score (nSPS) is 10.5. The van der Waals surface area contributed by atoms with Crippen LogP contribution in [-0.2, 0) is 13.0 Å². The molecule has 0 aliphatic heterocycles. The van der Waals surface area contributed by atoms with Crippen LogP contribution in [0.15, 0.2) is 27.6 Å². The van der Waals surface area contributed by atoms with Gasteiger partial charge in [0.05, 0.1) is 12.1 Å². The number of aromatic carboxylic acids is 1. The van der Waals surface area contributed by atoms with Gasteiger partial charge >= 0.3 is 5.97 Å². The van der Waals surface area contributed by atoms with Gasteiger partial charge in [-0.2, -0.15) is 4.98 Å². The molecule has 2 aromatic heterocycles. The Morgan fingerprint density at radius 1 is 1.56 bits per heavy atom. The molecular weight excluding hydrogens is 238 g/mol. The highest BCUT2D eigenvalue weighted by atomic mass is 16.5. The second-order valence-corrected chi connectivity index (χ2v) is 3.64. The van der Waals surface area contributed by atoms with Crippen molar-refractivity contribution in [2.45, 2.75) is 19.9 Å². The van der Waals surface area contributed by atoms with Crippen LogP contribution in [0.25, 0.3) is 0 Å². The van der Waals surface area contributed by atoms with Crippen LogP contribution in [0, 0.1) is 0 Å². The fourth-order valence-electron chi connectivity index (χ4n) is 1.42. The average molecular weight is 249 g/mol. The van der Waals surface area contributed by atoms with Crippen molar-refractivity contribution in [3.8, 4) is 0 Å². The van der Waals surface area contributed by atoms with Crippen LogP contribution >= 0.6 is 0 Å². The maximum absolute atomic E-state index is 11.6. The molecule has 0 unspecified atom stereocenters. The summed E-state index contributed by atoms with van der Waals surface area (Å²) in [6.07, 6.45) is 2.02. The minimum Gasteiger partial charge on any atom is -0.478 e. The molecule has 7 nitrogen and oxygen atoms in total. The Kier molecular flexibility index (Phi) is 3.22. The number of nitrogens with zero attached hydrogens (tertiary/aromatic N) is 3. The zero-order chi connectivity index (χ0) is 13.1. The number of aryl methyl sites for hydroxylation is 1. The van der Waals surface area contributed by atoms with Gasteiger partial charge in [0, 0.05) is 18.7 Å². The molecule has 2 heterocycles. The molecule has 0 amide bonds. The second-order valence-electron chi connectivity index (χ2n) is 3.64. The van der Waals surface area contributed by atoms with Crippen molar-refractivity contribution in [2.75, 3.05) is 0 Å². The molecule has 0 radical (unpaired) electrons. The van der Waals surface area contributed by atoms with Crippen molar-refractivity contribution in [3.05, 3.63) is 46.0 Å². The highest BCUT2D eigenvalue weighted by Crippen LogP contribution is 2.00. The van der Waals surface area contributed by atoms with E-state index >= 15 is 0 Å². The monoisotopic (exact) mass is 249 g/mol. The third-order valence-corrected chi connectivity index (χ3v) is 2.37. The third kappa shape index (κ3) is 2.45. The summed E-state index contributed by atoms with van der Waals surface area (Å²) in [6.45, 7) is 2.04. The second kappa shape index (κ2) is 4.82. The molecule has 0 atom stereocenters. The van der Waals surface area contributed by atoms with Crippen LogP contribution in [0.3, 0.4) is 0 Å². The number of carbonyl (C=O) groups is 1. The fourth-order valence-corrected chi connectivity index (χ4v) is 1.42. The fraction of sp³-hybridized carbons (Fsp3) is 0.273. The molecular formula is C11H11N3O4. The van der Waals surface area contributed by atoms with Gasteiger partial charge in [-0.1, -0.05) is 12.1 Å². The standard InChI is InChI=1S/C11H11N3O4/c1-2-9-12-8(13-18-9)6-14-4-3-7(11(16)17)5-10(14)15/h3-5H,2,6H2,1H3,(H,16,17). The summed E-state index contributed by atoms with van der Waals surface area (Å²) in [5, 5.41) is 12.5. The lowest BCUT2D eigenvalue weighted by atomic mass is 10.3.